The van der Waals surface area contributed by atoms with E-state index in [1.54, 1.807) is 33.9 Å². The number of carbonyl (C=O) groups excluding carboxylic acids is 4. The van der Waals surface area contributed by atoms with Crippen molar-refractivity contribution in [1.29, 1.82) is 0 Å². The molecule has 3 rings (SSSR count). The molecule has 0 aromatic carbocycles. The van der Waals surface area contributed by atoms with Crippen LogP contribution in [0.25, 0.3) is 4.85 Å². The lowest BCUT2D eigenvalue weighted by Gasteiger charge is -2.24. The summed E-state index contributed by atoms with van der Waals surface area (Å²) < 4.78 is 14.5. The second-order valence-electron chi connectivity index (χ2n) is 13.4. The van der Waals surface area contributed by atoms with E-state index in [1.807, 2.05) is 41.5 Å². The van der Waals surface area contributed by atoms with E-state index < -0.39 is 17.4 Å². The van der Waals surface area contributed by atoms with Gasteiger partial charge in [-0.2, -0.15) is 0 Å². The van der Waals surface area contributed by atoms with Gasteiger partial charge in [-0.05, 0) is 67.3 Å². The van der Waals surface area contributed by atoms with Crippen molar-refractivity contribution in [2.24, 2.45) is 0 Å². The van der Waals surface area contributed by atoms with Gasteiger partial charge in [0, 0.05) is 44.2 Å². The van der Waals surface area contributed by atoms with Gasteiger partial charge in [0.1, 0.15) is 35.9 Å². The SMILES string of the molecule is [C-]#[N+][C@@H]1CCCN1C(=O)CNC(=O)CCCCN(Cc1nccn1CC(=O)OC(C)(C)C)Cc1nccn1CC(=O)OC(C)(C)C. The Bertz CT molecular complexity index is 1310. The number of imidazole rings is 2. The minimum atomic E-state index is -0.608. The first kappa shape index (κ1) is 36.2. The van der Waals surface area contributed by atoms with Gasteiger partial charge in [-0.25, -0.2) is 16.5 Å². The van der Waals surface area contributed by atoms with Gasteiger partial charge in [-0.3, -0.25) is 33.8 Å². The number of aromatic nitrogens is 4. The smallest absolute Gasteiger partial charge is 0.326 e. The Hall–Kier alpha value is -4.25. The quantitative estimate of drug-likeness (QED) is 0.176. The fourth-order valence-electron chi connectivity index (χ4n) is 5.07. The molecule has 1 N–H and O–H groups in total. The van der Waals surface area contributed by atoms with Gasteiger partial charge in [0.15, 0.2) is 0 Å². The zero-order valence-corrected chi connectivity index (χ0v) is 28.0. The molecule has 1 fully saturated rings. The highest BCUT2D eigenvalue weighted by Gasteiger charge is 2.32. The molecular weight excluding hydrogens is 592 g/mol. The number of rotatable bonds is 15. The Balaban J connectivity index is 1.61. The molecule has 1 saturated heterocycles. The van der Waals surface area contributed by atoms with Gasteiger partial charge in [-0.1, -0.05) is 0 Å². The van der Waals surface area contributed by atoms with E-state index in [2.05, 4.69) is 25.0 Å². The Morgan fingerprint density at radius 2 is 1.48 bits per heavy atom. The van der Waals surface area contributed by atoms with Gasteiger partial charge in [0.05, 0.1) is 19.6 Å². The normalized spacial score (nSPS) is 15.1. The molecule has 0 saturated carbocycles. The summed E-state index contributed by atoms with van der Waals surface area (Å²) in [6, 6.07) is 0. The number of esters is 2. The second kappa shape index (κ2) is 16.4. The zero-order valence-electron chi connectivity index (χ0n) is 28.0. The molecule has 1 aliphatic heterocycles. The van der Waals surface area contributed by atoms with Crippen LogP contribution in [0.3, 0.4) is 0 Å². The van der Waals surface area contributed by atoms with Crippen molar-refractivity contribution in [3.05, 3.63) is 47.9 Å². The van der Waals surface area contributed by atoms with Crippen molar-refractivity contribution in [2.45, 2.75) is 117 Å². The number of nitrogens with one attached hydrogen (secondary N) is 1. The van der Waals surface area contributed by atoms with E-state index in [0.717, 1.165) is 6.42 Å². The summed E-state index contributed by atoms with van der Waals surface area (Å²) in [5.41, 5.74) is -1.22. The molecule has 0 radical (unpaired) electrons. The maximum atomic E-state index is 12.5. The minimum absolute atomic E-state index is 0.0146. The highest BCUT2D eigenvalue weighted by Crippen LogP contribution is 2.18. The highest BCUT2D eigenvalue weighted by atomic mass is 16.6. The van der Waals surface area contributed by atoms with Crippen LogP contribution in [-0.2, 0) is 54.8 Å². The summed E-state index contributed by atoms with van der Waals surface area (Å²) in [5.74, 6) is 0.120. The largest absolute Gasteiger partial charge is 0.459 e. The average molecular weight is 641 g/mol. The lowest BCUT2D eigenvalue weighted by molar-refractivity contribution is -0.156. The van der Waals surface area contributed by atoms with Gasteiger partial charge in [-0.15, -0.1) is 0 Å². The van der Waals surface area contributed by atoms with Crippen LogP contribution in [0.1, 0.15) is 85.3 Å². The summed E-state index contributed by atoms with van der Waals surface area (Å²) in [4.78, 5) is 66.1. The molecule has 0 bridgehead atoms. The molecule has 252 valence electrons. The van der Waals surface area contributed by atoms with Crippen LogP contribution in [0.15, 0.2) is 24.8 Å². The van der Waals surface area contributed by atoms with Crippen molar-refractivity contribution in [3.8, 4) is 0 Å². The molecule has 0 aliphatic carbocycles. The van der Waals surface area contributed by atoms with E-state index >= 15 is 0 Å². The van der Waals surface area contributed by atoms with Gasteiger partial charge in [0.25, 0.3) is 0 Å². The lowest BCUT2D eigenvalue weighted by Crippen LogP contribution is -2.41. The fraction of sp³-hybridized carbons (Fsp3) is 0.656. The summed E-state index contributed by atoms with van der Waals surface area (Å²) in [5, 5.41) is 2.69. The highest BCUT2D eigenvalue weighted by molar-refractivity contribution is 5.85. The molecule has 0 spiro atoms. The van der Waals surface area contributed by atoms with Gasteiger partial charge < -0.3 is 23.9 Å². The van der Waals surface area contributed by atoms with E-state index in [9.17, 15) is 19.2 Å². The van der Waals surface area contributed by atoms with E-state index in [0.29, 0.717) is 57.1 Å². The van der Waals surface area contributed by atoms with Crippen LogP contribution in [-0.4, -0.2) is 89.7 Å². The molecule has 3 heterocycles. The molecule has 2 aromatic rings. The predicted octanol–water partition coefficient (Wildman–Crippen LogP) is 2.92. The Labute approximate surface area is 271 Å². The third-order valence-electron chi connectivity index (χ3n) is 7.03. The summed E-state index contributed by atoms with van der Waals surface area (Å²) >= 11 is 0. The van der Waals surface area contributed by atoms with Crippen LogP contribution in [0, 0.1) is 6.57 Å². The van der Waals surface area contributed by atoms with E-state index in [-0.39, 0.29) is 49.8 Å². The van der Waals surface area contributed by atoms with Crippen LogP contribution >= 0.6 is 0 Å². The number of likely N-dealkylation sites (tertiary alicyclic amines) is 1. The maximum absolute atomic E-state index is 12.5. The Morgan fingerprint density at radius 3 is 1.98 bits per heavy atom. The van der Waals surface area contributed by atoms with Crippen molar-refractivity contribution in [2.75, 3.05) is 19.6 Å². The van der Waals surface area contributed by atoms with Crippen LogP contribution in [0.4, 0.5) is 0 Å². The molecule has 14 nitrogen and oxygen atoms in total. The maximum Gasteiger partial charge on any atom is 0.326 e. The molecular formula is C32H48N8O6. The number of hydrogen-bond acceptors (Lipinski definition) is 9. The predicted molar refractivity (Wildman–Crippen MR) is 168 cm³/mol. The van der Waals surface area contributed by atoms with Crippen LogP contribution < -0.4 is 5.32 Å². The number of hydrogen-bond donors (Lipinski definition) is 1. The van der Waals surface area contributed by atoms with E-state index in [4.69, 9.17) is 16.0 Å². The number of carbonyl (C=O) groups is 4. The summed E-state index contributed by atoms with van der Waals surface area (Å²) in [6.07, 6.45) is 9.24. The van der Waals surface area contributed by atoms with Crippen LogP contribution in [0.5, 0.6) is 0 Å². The topological polar surface area (TPSA) is 145 Å². The van der Waals surface area contributed by atoms with Gasteiger partial charge in [0.2, 0.25) is 11.8 Å². The molecule has 0 unspecified atom stereocenters. The van der Waals surface area contributed by atoms with E-state index in [1.165, 1.54) is 4.90 Å². The minimum Gasteiger partial charge on any atom is -0.459 e. The number of amides is 2. The van der Waals surface area contributed by atoms with Gasteiger partial charge >= 0.3 is 18.1 Å². The first-order valence-electron chi connectivity index (χ1n) is 15.7. The second-order valence-corrected chi connectivity index (χ2v) is 13.4. The third kappa shape index (κ3) is 12.3. The standard InChI is InChI=1S/C32H48N8O6/c1-31(2,3)45-29(43)22-38-17-13-34-25(38)20-37(21-26-35-14-18-39(26)23-30(44)46-32(4,5)6)15-9-8-12-27(41)36-19-28(42)40-16-10-11-24(40)33-7/h13-14,17-18,24H,8-12,15-16,19-23H2,1-6H3,(H,36,41)/t24-/m0/s1. The Kier molecular flexibility index (Phi) is 12.9. The fourth-order valence-corrected chi connectivity index (χ4v) is 5.07. The van der Waals surface area contributed by atoms with Crippen molar-refractivity contribution in [1.82, 2.24) is 34.2 Å². The molecule has 46 heavy (non-hydrogen) atoms. The molecule has 1 atom stereocenters. The van der Waals surface area contributed by atoms with Crippen molar-refractivity contribution >= 4 is 23.8 Å². The first-order chi connectivity index (χ1) is 21.6. The average Bonchev–Trinajstić information content (AvgIpc) is 3.69. The van der Waals surface area contributed by atoms with Crippen molar-refractivity contribution < 1.29 is 28.7 Å². The number of nitrogens with zero attached hydrogens (tertiary/aromatic N) is 7. The lowest BCUT2D eigenvalue weighted by atomic mass is 10.2. The monoisotopic (exact) mass is 640 g/mol. The first-order valence-corrected chi connectivity index (χ1v) is 15.7. The number of ether oxygens (including phenoxy) is 2. The number of unbranched alkanes of at least 4 members (excludes halogenated alkanes) is 1. The van der Waals surface area contributed by atoms with Crippen LogP contribution in [0.2, 0.25) is 0 Å². The zero-order chi connectivity index (χ0) is 33.9. The third-order valence-corrected chi connectivity index (χ3v) is 7.03. The molecule has 1 aliphatic rings. The van der Waals surface area contributed by atoms with Crippen molar-refractivity contribution in [3.63, 3.8) is 0 Å². The summed E-state index contributed by atoms with van der Waals surface area (Å²) in [6.45, 7) is 19.9. The molecule has 2 aromatic heterocycles. The summed E-state index contributed by atoms with van der Waals surface area (Å²) in [7, 11) is 0. The Morgan fingerprint density at radius 1 is 0.935 bits per heavy atom. The molecule has 2 amide bonds. The molecule has 14 heteroatoms.